The number of hydrogen-bond acceptors (Lipinski definition) is 5. The van der Waals surface area contributed by atoms with Crippen LogP contribution in [0.4, 0.5) is 0 Å². The molecule has 0 unspecified atom stereocenters. The first-order valence-corrected chi connectivity index (χ1v) is 7.61. The highest BCUT2D eigenvalue weighted by Gasteiger charge is 1.97. The van der Waals surface area contributed by atoms with E-state index in [1.165, 1.54) is 10.9 Å². The highest BCUT2D eigenvalue weighted by molar-refractivity contribution is 8.02. The van der Waals surface area contributed by atoms with Gasteiger partial charge in [0.1, 0.15) is 5.69 Å². The lowest BCUT2D eigenvalue weighted by Crippen LogP contribution is -1.92. The lowest BCUT2D eigenvalue weighted by atomic mass is 10.4. The second-order valence-electron chi connectivity index (χ2n) is 3.20. The molecule has 0 fully saturated rings. The summed E-state index contributed by atoms with van der Waals surface area (Å²) in [6, 6.07) is 0. The molecule has 0 atom stereocenters. The first-order chi connectivity index (χ1) is 7.40. The number of sulfone groups is 1. The van der Waals surface area contributed by atoms with E-state index in [0.717, 1.165) is 16.6 Å². The predicted octanol–water partition coefficient (Wildman–Crippen LogP) is 1.47. The van der Waals surface area contributed by atoms with Gasteiger partial charge in [0.15, 0.2) is 9.84 Å². The molecule has 0 aliphatic carbocycles. The largest absolute Gasteiger partial charge is 0.227 e. The quantitative estimate of drug-likeness (QED) is 0.819. The number of nitrogens with zero attached hydrogens (tertiary/aromatic N) is 3. The van der Waals surface area contributed by atoms with Gasteiger partial charge in [0.05, 0.1) is 6.20 Å². The smallest absolute Gasteiger partial charge is 0.170 e. The van der Waals surface area contributed by atoms with Gasteiger partial charge in [-0.3, -0.25) is 0 Å². The third-order valence-electron chi connectivity index (χ3n) is 1.66. The van der Waals surface area contributed by atoms with Gasteiger partial charge >= 0.3 is 0 Å². The van der Waals surface area contributed by atoms with Crippen LogP contribution < -0.4 is 0 Å². The van der Waals surface area contributed by atoms with Gasteiger partial charge in [-0.2, -0.15) is 0 Å². The fraction of sp³-hybridized carbons (Fsp3) is 0.333. The van der Waals surface area contributed by atoms with Crippen LogP contribution in [-0.4, -0.2) is 35.9 Å². The fourth-order valence-corrected chi connectivity index (χ4v) is 1.45. The normalized spacial score (nSPS) is 13.6. The Morgan fingerprint density at radius 1 is 1.56 bits per heavy atom. The van der Waals surface area contributed by atoms with Crippen molar-refractivity contribution >= 4 is 33.9 Å². The van der Waals surface area contributed by atoms with Gasteiger partial charge in [0.25, 0.3) is 0 Å². The van der Waals surface area contributed by atoms with Crippen molar-refractivity contribution < 1.29 is 8.42 Å². The Morgan fingerprint density at radius 2 is 2.25 bits per heavy atom. The fourth-order valence-electron chi connectivity index (χ4n) is 0.870. The van der Waals surface area contributed by atoms with E-state index in [1.54, 1.807) is 18.0 Å². The Morgan fingerprint density at radius 3 is 2.81 bits per heavy atom. The zero-order valence-electron chi connectivity index (χ0n) is 9.28. The van der Waals surface area contributed by atoms with Crippen molar-refractivity contribution in [1.82, 2.24) is 15.0 Å². The van der Waals surface area contributed by atoms with Crippen molar-refractivity contribution in [3.8, 4) is 0 Å². The zero-order valence-corrected chi connectivity index (χ0v) is 10.9. The lowest BCUT2D eigenvalue weighted by Gasteiger charge is -1.90. The van der Waals surface area contributed by atoms with Crippen LogP contribution in [0.1, 0.15) is 12.6 Å². The maximum Gasteiger partial charge on any atom is 0.170 e. The maximum absolute atomic E-state index is 10.9. The van der Waals surface area contributed by atoms with Crippen LogP contribution in [0.25, 0.3) is 12.3 Å². The molecule has 88 valence electrons. The molecule has 1 aromatic heterocycles. The third kappa shape index (κ3) is 4.63. The van der Waals surface area contributed by atoms with Gasteiger partial charge in [0, 0.05) is 17.9 Å². The van der Waals surface area contributed by atoms with E-state index >= 15 is 0 Å². The van der Waals surface area contributed by atoms with Gasteiger partial charge in [-0.05, 0) is 24.2 Å². The van der Waals surface area contributed by atoms with Crippen LogP contribution in [0.2, 0.25) is 0 Å². The summed E-state index contributed by atoms with van der Waals surface area (Å²) >= 11 is 1.62. The van der Waals surface area contributed by atoms with E-state index < -0.39 is 9.84 Å². The summed E-state index contributed by atoms with van der Waals surface area (Å²) < 4.78 is 23.1. The molecule has 0 N–H and O–H groups in total. The molecular formula is C9H13N3O2S2. The zero-order chi connectivity index (χ0) is 12.2. The van der Waals surface area contributed by atoms with Gasteiger partial charge in [-0.15, -0.1) is 16.9 Å². The summed E-state index contributed by atoms with van der Waals surface area (Å²) in [5.74, 6) is 0. The molecule has 1 heterocycles. The van der Waals surface area contributed by atoms with E-state index in [-0.39, 0.29) is 0 Å². The summed E-state index contributed by atoms with van der Waals surface area (Å²) in [7, 11) is -3.13. The van der Waals surface area contributed by atoms with Crippen LogP contribution in [0.5, 0.6) is 0 Å². The standard InChI is InChI=1S/C9H13N3O2S2/c1-8(15-2)6-9-7-12(11-10-9)4-5-16(3,13)14/h4-7H,1-3H3/b5-4+,8-6-. The SMILES string of the molecule is CS/C(C)=C\c1cn(/C=C/S(C)(=O)=O)nn1. The average molecular weight is 259 g/mol. The van der Waals surface area contributed by atoms with Crippen LogP contribution in [-0.2, 0) is 9.84 Å². The molecule has 1 rings (SSSR count). The topological polar surface area (TPSA) is 64.8 Å². The first kappa shape index (κ1) is 13.0. The Bertz CT molecular complexity index is 515. The highest BCUT2D eigenvalue weighted by atomic mass is 32.2. The van der Waals surface area contributed by atoms with Crippen molar-refractivity contribution in [2.24, 2.45) is 0 Å². The van der Waals surface area contributed by atoms with Crippen molar-refractivity contribution in [1.29, 1.82) is 0 Å². The monoisotopic (exact) mass is 259 g/mol. The third-order valence-corrected chi connectivity index (χ3v) is 3.04. The second-order valence-corrected chi connectivity index (χ2v) is 6.18. The molecule has 0 spiro atoms. The van der Waals surface area contributed by atoms with Crippen molar-refractivity contribution in [3.63, 3.8) is 0 Å². The van der Waals surface area contributed by atoms with Gasteiger partial charge < -0.3 is 0 Å². The van der Waals surface area contributed by atoms with Gasteiger partial charge in [-0.1, -0.05) is 5.21 Å². The molecule has 5 nitrogen and oxygen atoms in total. The van der Waals surface area contributed by atoms with Crippen molar-refractivity contribution in [3.05, 3.63) is 22.2 Å². The van der Waals surface area contributed by atoms with Crippen LogP contribution in [0, 0.1) is 0 Å². The number of rotatable bonds is 4. The minimum atomic E-state index is -3.13. The Hall–Kier alpha value is -1.08. The van der Waals surface area contributed by atoms with Crippen molar-refractivity contribution in [2.45, 2.75) is 6.92 Å². The molecule has 0 saturated heterocycles. The van der Waals surface area contributed by atoms with Crippen LogP contribution >= 0.6 is 11.8 Å². The molecule has 0 aromatic carbocycles. The summed E-state index contributed by atoms with van der Waals surface area (Å²) in [4.78, 5) is 1.11. The molecule has 0 aliphatic heterocycles. The number of hydrogen-bond donors (Lipinski definition) is 0. The summed E-state index contributed by atoms with van der Waals surface area (Å²) in [6.07, 6.45) is 7.98. The number of aromatic nitrogens is 3. The molecule has 0 bridgehead atoms. The van der Waals surface area contributed by atoms with Crippen LogP contribution in [0.3, 0.4) is 0 Å². The average Bonchev–Trinajstić information content (AvgIpc) is 2.61. The minimum Gasteiger partial charge on any atom is -0.227 e. The molecule has 0 saturated carbocycles. The minimum absolute atomic E-state index is 0.699. The maximum atomic E-state index is 10.9. The predicted molar refractivity (Wildman–Crippen MR) is 67.4 cm³/mol. The molecule has 0 radical (unpaired) electrons. The molecule has 0 amide bonds. The lowest BCUT2D eigenvalue weighted by molar-refractivity contribution is 0.610. The molecule has 1 aromatic rings. The molecule has 0 aliphatic rings. The van der Waals surface area contributed by atoms with Gasteiger partial charge in [0.2, 0.25) is 0 Å². The summed E-state index contributed by atoms with van der Waals surface area (Å²) in [6.45, 7) is 1.97. The van der Waals surface area contributed by atoms with E-state index in [2.05, 4.69) is 10.3 Å². The first-order valence-electron chi connectivity index (χ1n) is 4.43. The Balaban J connectivity index is 2.84. The van der Waals surface area contributed by atoms with E-state index in [1.807, 2.05) is 19.3 Å². The summed E-state index contributed by atoms with van der Waals surface area (Å²) in [5, 5.41) is 8.73. The van der Waals surface area contributed by atoms with Crippen LogP contribution in [0.15, 0.2) is 16.5 Å². The van der Waals surface area contributed by atoms with Gasteiger partial charge in [-0.25, -0.2) is 13.1 Å². The van der Waals surface area contributed by atoms with E-state index in [0.29, 0.717) is 5.69 Å². The van der Waals surface area contributed by atoms with E-state index in [9.17, 15) is 8.42 Å². The second kappa shape index (κ2) is 5.31. The highest BCUT2D eigenvalue weighted by Crippen LogP contribution is 2.13. The molecule has 7 heteroatoms. The molecule has 16 heavy (non-hydrogen) atoms. The summed E-state index contributed by atoms with van der Waals surface area (Å²) in [5.41, 5.74) is 0.699. The van der Waals surface area contributed by atoms with E-state index in [4.69, 9.17) is 0 Å². The van der Waals surface area contributed by atoms with Crippen molar-refractivity contribution in [2.75, 3.05) is 12.5 Å². The molecular weight excluding hydrogens is 246 g/mol. The number of thioether (sulfide) groups is 1. The number of allylic oxidation sites excluding steroid dienone is 1. The Labute approximate surface area is 99.2 Å². The Kier molecular flexibility index (Phi) is 4.31.